The molecule has 0 spiro atoms. The number of amides is 1. The van der Waals surface area contributed by atoms with Gasteiger partial charge in [-0.25, -0.2) is 22.9 Å². The van der Waals surface area contributed by atoms with Gasteiger partial charge in [-0.05, 0) is 24.3 Å². The molecule has 0 aliphatic rings. The predicted molar refractivity (Wildman–Crippen MR) is 117 cm³/mol. The van der Waals surface area contributed by atoms with Crippen molar-refractivity contribution in [3.63, 3.8) is 0 Å². The van der Waals surface area contributed by atoms with Gasteiger partial charge >= 0.3 is 6.09 Å². The number of rotatable bonds is 5. The highest BCUT2D eigenvalue weighted by Gasteiger charge is 2.22. The third kappa shape index (κ3) is 4.24. The number of ether oxygens (including phenoxy) is 1. The first-order valence-electron chi connectivity index (χ1n) is 9.60. The van der Waals surface area contributed by atoms with Crippen LogP contribution in [0.3, 0.4) is 0 Å². The van der Waals surface area contributed by atoms with Crippen molar-refractivity contribution >= 4 is 40.4 Å². The van der Waals surface area contributed by atoms with Gasteiger partial charge in [0, 0.05) is 12.0 Å². The van der Waals surface area contributed by atoms with Gasteiger partial charge in [-0.1, -0.05) is 11.6 Å². The maximum atomic E-state index is 14.3. The molecule has 4 aromatic rings. The highest BCUT2D eigenvalue weighted by atomic mass is 35.5. The molecule has 3 aromatic heterocycles. The van der Waals surface area contributed by atoms with E-state index < -0.39 is 35.5 Å². The molecule has 0 saturated carbocycles. The van der Waals surface area contributed by atoms with Gasteiger partial charge in [-0.15, -0.1) is 0 Å². The number of nitrogens with zero attached hydrogens (tertiary/aromatic N) is 5. The van der Waals surface area contributed by atoms with Crippen molar-refractivity contribution in [1.82, 2.24) is 30.0 Å². The molecule has 1 aromatic carbocycles. The van der Waals surface area contributed by atoms with Crippen molar-refractivity contribution in [2.45, 2.75) is 13.0 Å². The van der Waals surface area contributed by atoms with Crippen LogP contribution in [0, 0.1) is 17.5 Å². The fourth-order valence-electron chi connectivity index (χ4n) is 3.22. The number of hydrogen-bond donors (Lipinski definition) is 3. The second kappa shape index (κ2) is 9.02. The maximum absolute atomic E-state index is 14.3. The van der Waals surface area contributed by atoms with Crippen molar-refractivity contribution in [2.75, 3.05) is 18.6 Å². The van der Waals surface area contributed by atoms with Crippen LogP contribution < -0.4 is 16.8 Å². The van der Waals surface area contributed by atoms with Crippen LogP contribution in [0.5, 0.6) is 0 Å². The topological polar surface area (TPSA) is 147 Å². The Morgan fingerprint density at radius 2 is 1.74 bits per heavy atom. The largest absolute Gasteiger partial charge is 0.453 e. The zero-order chi connectivity index (χ0) is 24.6. The molecule has 0 bridgehead atoms. The van der Waals surface area contributed by atoms with E-state index in [0.29, 0.717) is 11.6 Å². The molecule has 0 aliphatic carbocycles. The van der Waals surface area contributed by atoms with E-state index in [1.165, 1.54) is 17.9 Å². The third-order valence-electron chi connectivity index (χ3n) is 4.89. The maximum Gasteiger partial charge on any atom is 0.407 e. The Kier molecular flexibility index (Phi) is 6.11. The zero-order valence-electron chi connectivity index (χ0n) is 17.4. The van der Waals surface area contributed by atoms with E-state index in [2.05, 4.69) is 30.1 Å². The second-order valence-corrected chi connectivity index (χ2v) is 7.36. The SMILES string of the molecule is COC(=O)NCc1c(N)nc(-n2nc(Cc3c(F)ccc(F)c3F)c3nc(Cl)ccc32)nc1N. The van der Waals surface area contributed by atoms with Gasteiger partial charge in [-0.2, -0.15) is 19.7 Å². The molecule has 5 N–H and O–H groups in total. The third-order valence-corrected chi connectivity index (χ3v) is 5.10. The normalized spacial score (nSPS) is 11.1. The number of halogens is 4. The summed E-state index contributed by atoms with van der Waals surface area (Å²) < 4.78 is 47.9. The smallest absolute Gasteiger partial charge is 0.407 e. The quantitative estimate of drug-likeness (QED) is 0.284. The molecule has 34 heavy (non-hydrogen) atoms. The standard InChI is InChI=1S/C20H16ClF3N8O2/c1-34-20(33)27-7-9-17(25)29-19(30-18(9)26)32-13-4-5-14(21)28-16(13)12(31-32)6-8-10(22)2-3-11(23)15(8)24/h2-5H,6-7H2,1H3,(H,27,33)(H4,25,26,29,30). The predicted octanol–water partition coefficient (Wildman–Crippen LogP) is 2.89. The zero-order valence-corrected chi connectivity index (χ0v) is 18.2. The van der Waals surface area contributed by atoms with Crippen LogP contribution in [0.1, 0.15) is 16.8 Å². The van der Waals surface area contributed by atoms with Crippen LogP contribution in [0.4, 0.5) is 29.6 Å². The number of nitrogens with two attached hydrogens (primary N) is 2. The molecular formula is C20H16ClF3N8O2. The Bertz CT molecular complexity index is 1410. The first-order chi connectivity index (χ1) is 16.2. The van der Waals surface area contributed by atoms with Crippen molar-refractivity contribution < 1.29 is 22.7 Å². The Morgan fingerprint density at radius 3 is 2.41 bits per heavy atom. The molecule has 0 atom stereocenters. The highest BCUT2D eigenvalue weighted by Crippen LogP contribution is 2.27. The Morgan fingerprint density at radius 1 is 1.06 bits per heavy atom. The van der Waals surface area contributed by atoms with E-state index in [9.17, 15) is 18.0 Å². The Labute approximate surface area is 194 Å². The average molecular weight is 493 g/mol. The van der Waals surface area contributed by atoms with Gasteiger partial charge in [0.25, 0.3) is 5.95 Å². The van der Waals surface area contributed by atoms with Crippen molar-refractivity contribution in [1.29, 1.82) is 0 Å². The summed E-state index contributed by atoms with van der Waals surface area (Å²) in [5.74, 6) is -3.65. The molecule has 0 radical (unpaired) electrons. The molecule has 10 nitrogen and oxygen atoms in total. The first kappa shape index (κ1) is 23.0. The molecule has 4 rings (SSSR count). The number of carbonyl (C=O) groups is 1. The van der Waals surface area contributed by atoms with Crippen LogP contribution >= 0.6 is 11.6 Å². The average Bonchev–Trinajstić information content (AvgIpc) is 3.15. The first-order valence-corrected chi connectivity index (χ1v) is 9.98. The van der Waals surface area contributed by atoms with Crippen LogP contribution in [0.2, 0.25) is 5.15 Å². The lowest BCUT2D eigenvalue weighted by molar-refractivity contribution is 0.170. The molecule has 0 aliphatic heterocycles. The molecule has 14 heteroatoms. The minimum Gasteiger partial charge on any atom is -0.453 e. The monoisotopic (exact) mass is 492 g/mol. The van der Waals surface area contributed by atoms with Gasteiger partial charge in [0.15, 0.2) is 11.6 Å². The summed E-state index contributed by atoms with van der Waals surface area (Å²) in [5.41, 5.74) is 12.3. The lowest BCUT2D eigenvalue weighted by Gasteiger charge is -2.11. The summed E-state index contributed by atoms with van der Waals surface area (Å²) in [7, 11) is 1.20. The van der Waals surface area contributed by atoms with E-state index in [1.807, 2.05) is 0 Å². The van der Waals surface area contributed by atoms with Gasteiger partial charge in [0.05, 0.1) is 30.4 Å². The minimum absolute atomic E-state index is 0.0479. The number of methoxy groups -OCH3 is 1. The molecule has 176 valence electrons. The molecule has 0 saturated heterocycles. The number of carbonyl (C=O) groups excluding carboxylic acids is 1. The number of benzene rings is 1. The van der Waals surface area contributed by atoms with Crippen LogP contribution in [-0.4, -0.2) is 37.9 Å². The molecule has 1 amide bonds. The number of hydrogen-bond acceptors (Lipinski definition) is 8. The number of fused-ring (bicyclic) bond motifs is 1. The fraction of sp³-hybridized carbons (Fsp3) is 0.150. The van der Waals surface area contributed by atoms with E-state index in [-0.39, 0.29) is 46.1 Å². The van der Waals surface area contributed by atoms with Crippen LogP contribution in [-0.2, 0) is 17.7 Å². The van der Waals surface area contributed by atoms with Crippen molar-refractivity contribution in [3.8, 4) is 5.95 Å². The lowest BCUT2D eigenvalue weighted by atomic mass is 10.1. The van der Waals surface area contributed by atoms with E-state index >= 15 is 0 Å². The summed E-state index contributed by atoms with van der Waals surface area (Å²) in [5, 5.41) is 6.84. The Balaban J connectivity index is 1.81. The van der Waals surface area contributed by atoms with Crippen molar-refractivity contribution in [3.05, 3.63) is 63.7 Å². The number of alkyl carbamates (subject to hydrolysis) is 1. The van der Waals surface area contributed by atoms with Crippen LogP contribution in [0.25, 0.3) is 17.0 Å². The van der Waals surface area contributed by atoms with Gasteiger partial charge in [0.1, 0.15) is 28.1 Å². The Hall–Kier alpha value is -4.13. The van der Waals surface area contributed by atoms with E-state index in [1.54, 1.807) is 6.07 Å². The minimum atomic E-state index is -1.34. The molecule has 3 heterocycles. The lowest BCUT2D eigenvalue weighted by Crippen LogP contribution is -2.24. The van der Waals surface area contributed by atoms with Crippen molar-refractivity contribution in [2.24, 2.45) is 0 Å². The molecular weight excluding hydrogens is 477 g/mol. The fourth-order valence-corrected chi connectivity index (χ4v) is 3.37. The number of nitrogen functional groups attached to an aromatic ring is 2. The summed E-state index contributed by atoms with van der Waals surface area (Å²) in [6.07, 6.45) is -1.14. The van der Waals surface area contributed by atoms with Gasteiger partial charge in [0.2, 0.25) is 0 Å². The summed E-state index contributed by atoms with van der Waals surface area (Å²) >= 11 is 6.01. The van der Waals surface area contributed by atoms with E-state index in [4.69, 9.17) is 23.1 Å². The number of pyridine rings is 1. The van der Waals surface area contributed by atoms with Crippen LogP contribution in [0.15, 0.2) is 24.3 Å². The van der Waals surface area contributed by atoms with E-state index in [0.717, 1.165) is 6.07 Å². The number of anilines is 2. The number of aromatic nitrogens is 5. The molecule has 0 fully saturated rings. The summed E-state index contributed by atoms with van der Waals surface area (Å²) in [4.78, 5) is 23.9. The second-order valence-electron chi connectivity index (χ2n) is 6.98. The summed E-state index contributed by atoms with van der Waals surface area (Å²) in [6, 6.07) is 4.52. The van der Waals surface area contributed by atoms with Gasteiger partial charge in [-0.3, -0.25) is 0 Å². The number of nitrogens with one attached hydrogen (secondary N) is 1. The molecule has 0 unspecified atom stereocenters. The summed E-state index contributed by atoms with van der Waals surface area (Å²) in [6.45, 7) is -0.0922. The van der Waals surface area contributed by atoms with Gasteiger partial charge < -0.3 is 21.5 Å². The highest BCUT2D eigenvalue weighted by molar-refractivity contribution is 6.29.